The Labute approximate surface area is 245 Å². The van der Waals surface area contributed by atoms with Crippen LogP contribution in [-0.4, -0.2) is 65.7 Å². The standard InChI is InChI=1S/C19H20N2O5S.C9H9O2S.In/c1-4-5-6-9-25-12-16(22)21-19-20-11-17(27-19)26-14-7-8-15(13(2)10-14)18(23)24-3;10-12(11,9-6-7-9)8-4-2-1-3-5-8;/h6-8,10-11H,1,4-5,12H2,2-3H3,(H,20,21,22);2-5,9H,6-7H2;. The smallest absolute Gasteiger partial charge is 0.0388 e. The summed E-state index contributed by atoms with van der Waals surface area (Å²) in [5.41, 5.74) is 1.19. The van der Waals surface area contributed by atoms with Crippen molar-refractivity contribution in [1.29, 1.82) is 0 Å². The summed E-state index contributed by atoms with van der Waals surface area (Å²) in [5, 5.41) is 3.41. The van der Waals surface area contributed by atoms with Gasteiger partial charge in [0, 0.05) is 0 Å². The van der Waals surface area contributed by atoms with Crippen LogP contribution in [0.5, 0.6) is 10.8 Å². The van der Waals surface area contributed by atoms with E-state index in [1.807, 2.05) is 12.1 Å². The number of thiazole rings is 1. The molecule has 1 fully saturated rings. The van der Waals surface area contributed by atoms with Crippen LogP contribution in [0.2, 0.25) is 4.18 Å². The number of anilines is 1. The van der Waals surface area contributed by atoms with E-state index < -0.39 is 37.2 Å². The van der Waals surface area contributed by atoms with Gasteiger partial charge in [0.15, 0.2) is 0 Å². The molecule has 0 unspecified atom stereocenters. The third-order valence-electron chi connectivity index (χ3n) is 6.88. The van der Waals surface area contributed by atoms with Crippen LogP contribution in [0.3, 0.4) is 0 Å². The molecule has 1 saturated carbocycles. The number of amides is 1. The Bertz CT molecular complexity index is 1550. The Morgan fingerprint density at radius 2 is 1.93 bits per heavy atom. The molecule has 3 aromatic rings. The third kappa shape index (κ3) is 6.72. The van der Waals surface area contributed by atoms with Crippen LogP contribution >= 0.6 is 11.3 Å². The van der Waals surface area contributed by atoms with Gasteiger partial charge in [-0.15, -0.1) is 0 Å². The number of carbonyl (C=O) groups is 2. The zero-order valence-corrected chi connectivity index (χ0v) is 27.1. The molecule has 5 rings (SSSR count). The molecule has 0 bridgehead atoms. The van der Waals surface area contributed by atoms with Gasteiger partial charge in [-0.2, -0.15) is 0 Å². The van der Waals surface area contributed by atoms with Gasteiger partial charge in [-0.05, 0) is 6.92 Å². The van der Waals surface area contributed by atoms with Crippen LogP contribution < -0.4 is 13.4 Å². The van der Waals surface area contributed by atoms with Crippen molar-refractivity contribution in [2.24, 2.45) is 0 Å². The first-order valence-corrected chi connectivity index (χ1v) is 21.0. The van der Waals surface area contributed by atoms with Gasteiger partial charge in [-0.25, -0.2) is 4.79 Å². The fraction of sp³-hybridized carbons (Fsp3) is 0.321. The number of carbonyl (C=O) groups excluding carboxylic acids is 2. The summed E-state index contributed by atoms with van der Waals surface area (Å²) in [6, 6.07) is 12.4. The Kier molecular flexibility index (Phi) is 8.86. The molecule has 9 nitrogen and oxygen atoms in total. The van der Waals surface area contributed by atoms with E-state index in [0.29, 0.717) is 26.4 Å². The molecule has 2 aliphatic rings. The number of nitrogens with one attached hydrogen (secondary N) is 1. The number of benzene rings is 2. The number of nitrogens with zero attached hydrogens (tertiary/aromatic N) is 1. The van der Waals surface area contributed by atoms with Crippen molar-refractivity contribution in [3.8, 4) is 10.8 Å². The van der Waals surface area contributed by atoms with Crippen molar-refractivity contribution in [1.82, 2.24) is 4.98 Å². The summed E-state index contributed by atoms with van der Waals surface area (Å²) >= 11 is -1.34. The van der Waals surface area contributed by atoms with Crippen molar-refractivity contribution in [2.45, 2.75) is 46.9 Å². The maximum atomic E-state index is 12.6. The molecule has 0 atom stereocenters. The van der Waals surface area contributed by atoms with Crippen molar-refractivity contribution in [3.05, 3.63) is 69.4 Å². The molecule has 2 heterocycles. The summed E-state index contributed by atoms with van der Waals surface area (Å²) < 4.78 is 44.9. The van der Waals surface area contributed by atoms with Gasteiger partial charge in [-0.1, -0.05) is 0 Å². The predicted molar refractivity (Wildman–Crippen MR) is 153 cm³/mol. The minimum Gasteiger partial charge on any atom is -0.0388 e. The van der Waals surface area contributed by atoms with Gasteiger partial charge in [0.25, 0.3) is 0 Å². The van der Waals surface area contributed by atoms with E-state index in [4.69, 9.17) is 14.2 Å². The number of ether oxygens (including phenoxy) is 3. The number of hydrogen-bond acceptors (Lipinski definition) is 9. The fourth-order valence-electron chi connectivity index (χ4n) is 4.63. The molecule has 1 aliphatic carbocycles. The van der Waals surface area contributed by atoms with E-state index in [9.17, 15) is 18.0 Å². The normalized spacial score (nSPS) is 15.2. The molecule has 1 amide bonds. The van der Waals surface area contributed by atoms with Crippen molar-refractivity contribution < 1.29 is 32.2 Å². The summed E-state index contributed by atoms with van der Waals surface area (Å²) in [4.78, 5) is 29.0. The van der Waals surface area contributed by atoms with Gasteiger partial charge in [0.1, 0.15) is 0 Å². The van der Waals surface area contributed by atoms with E-state index in [1.165, 1.54) is 28.0 Å². The SMILES string of the molecule is COC(=O)c1ccc(Oc2cnc(NC(=O)CO[C]3=CCC[CH2][In]3[c]3ccc(S(=O)(=O)C4CC4)cc3)s2)cc1C. The van der Waals surface area contributed by atoms with Crippen LogP contribution in [0.4, 0.5) is 5.13 Å². The van der Waals surface area contributed by atoms with E-state index in [-0.39, 0.29) is 17.8 Å². The number of hydrogen-bond donors (Lipinski definition) is 1. The number of aromatic nitrogens is 1. The van der Waals surface area contributed by atoms with Crippen molar-refractivity contribution in [3.63, 3.8) is 0 Å². The molecule has 0 radical (unpaired) electrons. The third-order valence-corrected chi connectivity index (χ3v) is 19.3. The molecular formula is C28H29InN2O7S2. The molecule has 0 saturated heterocycles. The average Bonchev–Trinajstić information content (AvgIpc) is 3.74. The van der Waals surface area contributed by atoms with E-state index in [2.05, 4.69) is 16.4 Å². The summed E-state index contributed by atoms with van der Waals surface area (Å²) in [7, 11) is -1.87. The van der Waals surface area contributed by atoms with Crippen molar-refractivity contribution in [2.75, 3.05) is 19.0 Å². The number of allylic oxidation sites excluding steroid dienone is 1. The van der Waals surface area contributed by atoms with Gasteiger partial charge in [0.2, 0.25) is 0 Å². The van der Waals surface area contributed by atoms with E-state index in [0.717, 1.165) is 38.9 Å². The predicted octanol–water partition coefficient (Wildman–Crippen LogP) is 4.54. The molecule has 1 aromatic heterocycles. The molecule has 0 spiro atoms. The number of rotatable bonds is 10. The van der Waals surface area contributed by atoms with Crippen LogP contribution in [0.25, 0.3) is 0 Å². The number of methoxy groups -OCH3 is 1. The van der Waals surface area contributed by atoms with E-state index >= 15 is 0 Å². The minimum absolute atomic E-state index is 0.128. The van der Waals surface area contributed by atoms with Crippen molar-refractivity contribution >= 4 is 62.9 Å². The first-order valence-electron chi connectivity index (χ1n) is 13.0. The monoisotopic (exact) mass is 684 g/mol. The molecule has 1 N–H and O–H groups in total. The van der Waals surface area contributed by atoms with E-state index in [1.54, 1.807) is 37.3 Å². The minimum atomic E-state index is -3.21. The molecule has 208 valence electrons. The van der Waals surface area contributed by atoms with Gasteiger partial charge in [-0.3, -0.25) is 0 Å². The maximum absolute atomic E-state index is 12.6. The Morgan fingerprint density at radius 1 is 1.15 bits per heavy atom. The molecule has 2 aromatic carbocycles. The van der Waals surface area contributed by atoms with Crippen LogP contribution in [0, 0.1) is 6.92 Å². The quantitative estimate of drug-likeness (QED) is 0.309. The summed E-state index contributed by atoms with van der Waals surface area (Å²) in [5.74, 6) is -0.192. The Morgan fingerprint density at radius 3 is 2.62 bits per heavy atom. The van der Waals surface area contributed by atoms with Crippen LogP contribution in [0.15, 0.2) is 63.1 Å². The van der Waals surface area contributed by atoms with Gasteiger partial charge >= 0.3 is 217 Å². The molecule has 40 heavy (non-hydrogen) atoms. The zero-order chi connectivity index (χ0) is 28.3. The topological polar surface area (TPSA) is 121 Å². The second-order valence-electron chi connectivity index (χ2n) is 9.80. The Balaban J connectivity index is 1.16. The zero-order valence-electron chi connectivity index (χ0n) is 22.2. The number of aryl methyl sites for hydroxylation is 1. The number of sulfone groups is 1. The summed E-state index contributed by atoms with van der Waals surface area (Å²) in [6.45, 7) is 1.67. The molecule has 1 aliphatic heterocycles. The summed E-state index contributed by atoms with van der Waals surface area (Å²) in [6.07, 6.45) is 7.09. The Hall–Kier alpha value is -2.83. The second kappa shape index (κ2) is 12.4. The van der Waals surface area contributed by atoms with Crippen LogP contribution in [-0.2, 0) is 24.1 Å². The number of esters is 1. The molecular weight excluding hydrogens is 655 g/mol. The first-order chi connectivity index (χ1) is 19.2. The van der Waals surface area contributed by atoms with Crippen LogP contribution in [0.1, 0.15) is 41.6 Å². The first kappa shape index (κ1) is 28.7. The average molecular weight is 684 g/mol. The van der Waals surface area contributed by atoms with Gasteiger partial charge < -0.3 is 4.74 Å². The van der Waals surface area contributed by atoms with Gasteiger partial charge in [0.05, 0.1) is 12.7 Å². The second-order valence-corrected chi connectivity index (χ2v) is 21.3. The molecule has 12 heteroatoms. The fourth-order valence-corrected chi connectivity index (χ4v) is 15.5.